The first-order valence-electron chi connectivity index (χ1n) is 10.7. The van der Waals surface area contributed by atoms with Crippen LogP contribution in [0, 0.1) is 6.92 Å². The maximum absolute atomic E-state index is 12.5. The van der Waals surface area contributed by atoms with Crippen molar-refractivity contribution in [3.8, 4) is 16.3 Å². The molecule has 5 rings (SSSR count). The number of rotatable bonds is 7. The highest BCUT2D eigenvalue weighted by Gasteiger charge is 2.28. The number of carbonyl (C=O) groups is 2. The van der Waals surface area contributed by atoms with Gasteiger partial charge in [-0.15, -0.1) is 11.3 Å². The van der Waals surface area contributed by atoms with Gasteiger partial charge in [0.1, 0.15) is 10.8 Å². The summed E-state index contributed by atoms with van der Waals surface area (Å²) in [5.41, 5.74) is 4.08. The van der Waals surface area contributed by atoms with E-state index in [0.717, 1.165) is 40.4 Å². The van der Waals surface area contributed by atoms with E-state index in [9.17, 15) is 9.59 Å². The number of hydrogen-bond acceptors (Lipinski definition) is 6. The van der Waals surface area contributed by atoms with Gasteiger partial charge >= 0.3 is 5.97 Å². The fourth-order valence-corrected chi connectivity index (χ4v) is 4.21. The smallest absolute Gasteiger partial charge is 0.358 e. The second kappa shape index (κ2) is 8.99. The van der Waals surface area contributed by atoms with Crippen molar-refractivity contribution in [2.45, 2.75) is 25.7 Å². The highest BCUT2D eigenvalue weighted by molar-refractivity contribution is 7.13. The number of esters is 1. The van der Waals surface area contributed by atoms with Crippen LogP contribution in [0.2, 0.25) is 0 Å². The van der Waals surface area contributed by atoms with Crippen molar-refractivity contribution in [3.05, 3.63) is 83.0 Å². The number of ether oxygens (including phenoxy) is 1. The number of para-hydroxylation sites is 1. The molecule has 7 nitrogen and oxygen atoms in total. The van der Waals surface area contributed by atoms with Crippen LogP contribution >= 0.6 is 11.3 Å². The Bertz CT molecular complexity index is 1290. The summed E-state index contributed by atoms with van der Waals surface area (Å²) in [4.78, 5) is 29.3. The molecular weight excluding hydrogens is 436 g/mol. The Labute approximate surface area is 195 Å². The topological polar surface area (TPSA) is 86.1 Å². The summed E-state index contributed by atoms with van der Waals surface area (Å²) in [6, 6.07) is 19.4. The predicted octanol–water partition coefficient (Wildman–Crippen LogP) is 4.98. The molecule has 166 valence electrons. The summed E-state index contributed by atoms with van der Waals surface area (Å²) in [5, 5.41) is 9.85. The molecule has 0 unspecified atom stereocenters. The van der Waals surface area contributed by atoms with Gasteiger partial charge in [-0.05, 0) is 31.9 Å². The van der Waals surface area contributed by atoms with E-state index < -0.39 is 18.5 Å². The zero-order chi connectivity index (χ0) is 22.8. The highest BCUT2D eigenvalue weighted by atomic mass is 32.1. The lowest BCUT2D eigenvalue weighted by molar-refractivity contribution is -0.119. The molecule has 8 heteroatoms. The summed E-state index contributed by atoms with van der Waals surface area (Å²) in [6.45, 7) is 1.61. The number of aromatic nitrogens is 3. The Balaban J connectivity index is 1.23. The fraction of sp³-hybridized carbons (Fsp3) is 0.200. The number of thiazole rings is 1. The van der Waals surface area contributed by atoms with Gasteiger partial charge in [0.2, 0.25) is 0 Å². The maximum atomic E-state index is 12.5. The Morgan fingerprint density at radius 1 is 1.12 bits per heavy atom. The molecule has 0 atom stereocenters. The van der Waals surface area contributed by atoms with Gasteiger partial charge in [-0.2, -0.15) is 5.10 Å². The second-order valence-electron chi connectivity index (χ2n) is 8.00. The van der Waals surface area contributed by atoms with Crippen molar-refractivity contribution in [2.24, 2.45) is 0 Å². The molecule has 2 heterocycles. The molecule has 33 heavy (non-hydrogen) atoms. The number of benzene rings is 2. The van der Waals surface area contributed by atoms with Gasteiger partial charge in [0.25, 0.3) is 5.91 Å². The van der Waals surface area contributed by atoms with Gasteiger partial charge in [0, 0.05) is 22.9 Å². The molecule has 0 saturated heterocycles. The summed E-state index contributed by atoms with van der Waals surface area (Å²) in [7, 11) is 0. The van der Waals surface area contributed by atoms with E-state index in [2.05, 4.69) is 15.4 Å². The van der Waals surface area contributed by atoms with Gasteiger partial charge in [0.05, 0.1) is 11.4 Å². The van der Waals surface area contributed by atoms with Crippen molar-refractivity contribution in [1.82, 2.24) is 14.8 Å². The van der Waals surface area contributed by atoms with Crippen LogP contribution < -0.4 is 5.32 Å². The van der Waals surface area contributed by atoms with E-state index in [0.29, 0.717) is 11.7 Å². The van der Waals surface area contributed by atoms with E-state index in [4.69, 9.17) is 4.74 Å². The van der Waals surface area contributed by atoms with Gasteiger partial charge in [-0.3, -0.25) is 4.79 Å². The number of carbonyl (C=O) groups excluding carboxylic acids is 2. The Morgan fingerprint density at radius 3 is 2.61 bits per heavy atom. The molecular formula is C25H22N4O3S. The van der Waals surface area contributed by atoms with Crippen molar-refractivity contribution in [1.29, 1.82) is 0 Å². The van der Waals surface area contributed by atoms with Crippen LogP contribution in [-0.2, 0) is 9.53 Å². The first-order chi connectivity index (χ1) is 16.1. The molecule has 1 saturated carbocycles. The SMILES string of the molecule is Cc1ccc(-c2nc(C(=O)OCC(=O)Nc3cc(C4CC4)nn3-c3ccccc3)cs2)cc1. The largest absolute Gasteiger partial charge is 0.451 e. The number of hydrogen-bond donors (Lipinski definition) is 1. The molecule has 2 aromatic heterocycles. The average molecular weight is 459 g/mol. The van der Waals surface area contributed by atoms with Gasteiger partial charge in [-0.1, -0.05) is 48.0 Å². The lowest BCUT2D eigenvalue weighted by Crippen LogP contribution is -2.22. The molecule has 1 N–H and O–H groups in total. The van der Waals surface area contributed by atoms with Crippen LogP contribution in [0.5, 0.6) is 0 Å². The van der Waals surface area contributed by atoms with Crippen LogP contribution in [0.15, 0.2) is 66.0 Å². The Hall–Kier alpha value is -3.78. The van der Waals surface area contributed by atoms with Gasteiger partial charge < -0.3 is 10.1 Å². The normalized spacial score (nSPS) is 13.0. The third kappa shape index (κ3) is 4.85. The molecule has 1 fully saturated rings. The third-order valence-corrected chi connectivity index (χ3v) is 6.23. The van der Waals surface area contributed by atoms with Crippen LogP contribution in [0.1, 0.15) is 40.5 Å². The number of anilines is 1. The Kier molecular flexibility index (Phi) is 5.75. The highest BCUT2D eigenvalue weighted by Crippen LogP contribution is 2.40. The van der Waals surface area contributed by atoms with Crippen molar-refractivity contribution in [3.63, 3.8) is 0 Å². The molecule has 1 aliphatic carbocycles. The summed E-state index contributed by atoms with van der Waals surface area (Å²) in [6.07, 6.45) is 2.21. The van der Waals surface area contributed by atoms with Gasteiger partial charge in [0.15, 0.2) is 12.3 Å². The summed E-state index contributed by atoms with van der Waals surface area (Å²) >= 11 is 1.36. The lowest BCUT2D eigenvalue weighted by Gasteiger charge is -2.09. The molecule has 0 radical (unpaired) electrons. The minimum absolute atomic E-state index is 0.189. The predicted molar refractivity (Wildman–Crippen MR) is 127 cm³/mol. The van der Waals surface area contributed by atoms with E-state index in [-0.39, 0.29) is 5.69 Å². The van der Waals surface area contributed by atoms with Gasteiger partial charge in [-0.25, -0.2) is 14.5 Å². The van der Waals surface area contributed by atoms with E-state index in [1.807, 2.05) is 67.6 Å². The van der Waals surface area contributed by atoms with Crippen molar-refractivity contribution in [2.75, 3.05) is 11.9 Å². The molecule has 4 aromatic rings. The lowest BCUT2D eigenvalue weighted by atomic mass is 10.2. The molecule has 2 aromatic carbocycles. The molecule has 1 amide bonds. The van der Waals surface area contributed by atoms with E-state index in [1.165, 1.54) is 11.3 Å². The zero-order valence-electron chi connectivity index (χ0n) is 18.0. The first-order valence-corrected chi connectivity index (χ1v) is 11.6. The molecule has 0 aliphatic heterocycles. The third-order valence-electron chi connectivity index (χ3n) is 5.34. The number of nitrogens with one attached hydrogen (secondary N) is 1. The number of amides is 1. The summed E-state index contributed by atoms with van der Waals surface area (Å²) in [5.74, 6) is -0.0675. The van der Waals surface area contributed by atoms with Crippen LogP contribution in [-0.4, -0.2) is 33.2 Å². The molecule has 0 bridgehead atoms. The Morgan fingerprint density at radius 2 is 1.88 bits per heavy atom. The summed E-state index contributed by atoms with van der Waals surface area (Å²) < 4.78 is 6.92. The van der Waals surface area contributed by atoms with E-state index >= 15 is 0 Å². The average Bonchev–Trinajstić information content (AvgIpc) is 3.41. The molecule has 0 spiro atoms. The van der Waals surface area contributed by atoms with Crippen LogP contribution in [0.3, 0.4) is 0 Å². The standard InChI is InChI=1S/C25H22N4O3S/c1-16-7-9-18(10-8-16)24-26-21(15-33-24)25(31)32-14-23(30)27-22-13-20(17-11-12-17)28-29(22)19-5-3-2-4-6-19/h2-10,13,15,17H,11-12,14H2,1H3,(H,27,30). The van der Waals surface area contributed by atoms with Crippen LogP contribution in [0.25, 0.3) is 16.3 Å². The van der Waals surface area contributed by atoms with Crippen molar-refractivity contribution >= 4 is 29.0 Å². The molecule has 1 aliphatic rings. The minimum atomic E-state index is -0.630. The quantitative estimate of drug-likeness (QED) is 0.395. The fourth-order valence-electron chi connectivity index (χ4n) is 3.41. The number of aryl methyl sites for hydroxylation is 1. The zero-order valence-corrected chi connectivity index (χ0v) is 18.8. The monoisotopic (exact) mass is 458 g/mol. The van der Waals surface area contributed by atoms with Crippen molar-refractivity contribution < 1.29 is 14.3 Å². The minimum Gasteiger partial charge on any atom is -0.451 e. The first kappa shape index (κ1) is 21.1. The maximum Gasteiger partial charge on any atom is 0.358 e. The second-order valence-corrected chi connectivity index (χ2v) is 8.86. The number of nitrogens with zero attached hydrogens (tertiary/aromatic N) is 3. The van der Waals surface area contributed by atoms with Crippen LogP contribution in [0.4, 0.5) is 5.82 Å². The van der Waals surface area contributed by atoms with E-state index in [1.54, 1.807) is 10.1 Å².